The summed E-state index contributed by atoms with van der Waals surface area (Å²) in [6, 6.07) is 0. The van der Waals surface area contributed by atoms with Crippen LogP contribution in [-0.2, 0) is 9.53 Å². The van der Waals surface area contributed by atoms with E-state index >= 15 is 0 Å². The average molecular weight is 313 g/mol. The van der Waals surface area contributed by atoms with Crippen LogP contribution in [0, 0.1) is 0 Å². The van der Waals surface area contributed by atoms with Crippen molar-refractivity contribution in [1.29, 1.82) is 0 Å². The van der Waals surface area contributed by atoms with E-state index in [1.807, 2.05) is 6.92 Å². The summed E-state index contributed by atoms with van der Waals surface area (Å²) in [6.45, 7) is 4.06. The summed E-state index contributed by atoms with van der Waals surface area (Å²) < 4.78 is 4.92. The average Bonchev–Trinajstić information content (AvgIpc) is 2.49. The number of hydrogen-bond acceptors (Lipinski definition) is 2. The van der Waals surface area contributed by atoms with Crippen LogP contribution < -0.4 is 0 Å². The minimum absolute atomic E-state index is 0.199. The SMILES string of the molecule is CC=C(Cl)C=C=COC(=O)CCCCCCCCCCC. The van der Waals surface area contributed by atoms with E-state index in [1.54, 1.807) is 12.2 Å². The van der Waals surface area contributed by atoms with E-state index in [-0.39, 0.29) is 5.97 Å². The van der Waals surface area contributed by atoms with Crippen molar-refractivity contribution >= 4 is 17.6 Å². The van der Waals surface area contributed by atoms with Crippen molar-refractivity contribution in [2.75, 3.05) is 0 Å². The Kier molecular flexibility index (Phi) is 14.7. The number of carbonyl (C=O) groups is 1. The number of allylic oxidation sites excluding steroid dienone is 3. The van der Waals surface area contributed by atoms with Crippen molar-refractivity contribution in [3.8, 4) is 0 Å². The Morgan fingerprint density at radius 1 is 1.05 bits per heavy atom. The maximum atomic E-state index is 11.4. The second kappa shape index (κ2) is 15.4. The van der Waals surface area contributed by atoms with Crippen molar-refractivity contribution in [3.05, 3.63) is 29.2 Å². The van der Waals surface area contributed by atoms with Gasteiger partial charge in [-0.3, -0.25) is 4.79 Å². The normalized spacial score (nSPS) is 10.9. The highest BCUT2D eigenvalue weighted by molar-refractivity contribution is 6.31. The van der Waals surface area contributed by atoms with Gasteiger partial charge in [-0.1, -0.05) is 81.7 Å². The van der Waals surface area contributed by atoms with E-state index in [4.69, 9.17) is 16.3 Å². The molecule has 0 rings (SSSR count). The molecule has 0 aliphatic rings. The lowest BCUT2D eigenvalue weighted by atomic mass is 10.1. The van der Waals surface area contributed by atoms with Crippen LogP contribution in [0.1, 0.15) is 78.1 Å². The van der Waals surface area contributed by atoms with Gasteiger partial charge in [0.15, 0.2) is 0 Å². The molecule has 21 heavy (non-hydrogen) atoms. The Balaban J connectivity index is 3.44. The Labute approximate surface area is 134 Å². The summed E-state index contributed by atoms with van der Waals surface area (Å²) in [5.74, 6) is -0.199. The van der Waals surface area contributed by atoms with E-state index in [0.717, 1.165) is 12.8 Å². The molecule has 120 valence electrons. The Morgan fingerprint density at radius 2 is 1.62 bits per heavy atom. The molecule has 0 aromatic carbocycles. The number of esters is 1. The van der Waals surface area contributed by atoms with Gasteiger partial charge in [0.1, 0.15) is 6.26 Å². The molecule has 0 aliphatic heterocycles. The van der Waals surface area contributed by atoms with Crippen LogP contribution in [0.2, 0.25) is 0 Å². The summed E-state index contributed by atoms with van der Waals surface area (Å²) >= 11 is 5.74. The molecular formula is C18H29ClO2. The van der Waals surface area contributed by atoms with Gasteiger partial charge < -0.3 is 4.74 Å². The zero-order chi connectivity index (χ0) is 15.8. The molecule has 0 radical (unpaired) electrons. The maximum absolute atomic E-state index is 11.4. The lowest BCUT2D eigenvalue weighted by Gasteiger charge is -2.01. The van der Waals surface area contributed by atoms with Crippen LogP contribution in [0.4, 0.5) is 0 Å². The second-order valence-electron chi connectivity index (χ2n) is 5.17. The molecule has 3 heteroatoms. The highest BCUT2D eigenvalue weighted by Gasteiger charge is 2.00. The molecule has 0 aromatic rings. The van der Waals surface area contributed by atoms with Crippen LogP contribution >= 0.6 is 11.6 Å². The van der Waals surface area contributed by atoms with Crippen LogP contribution in [0.25, 0.3) is 0 Å². The predicted octanol–water partition coefficient (Wildman–Crippen LogP) is 6.26. The lowest BCUT2D eigenvalue weighted by Crippen LogP contribution is -1.98. The maximum Gasteiger partial charge on any atom is 0.311 e. The first-order valence-electron chi connectivity index (χ1n) is 8.13. The molecule has 0 heterocycles. The third kappa shape index (κ3) is 15.2. The molecule has 0 fully saturated rings. The quantitative estimate of drug-likeness (QED) is 0.140. The molecule has 0 saturated carbocycles. The summed E-state index contributed by atoms with van der Waals surface area (Å²) in [7, 11) is 0. The fraction of sp³-hybridized carbons (Fsp3) is 0.667. The Hall–Kier alpha value is -0.980. The summed E-state index contributed by atoms with van der Waals surface area (Å²) in [5, 5.41) is 0.571. The molecule has 0 unspecified atom stereocenters. The number of unbranched alkanes of at least 4 members (excludes halogenated alkanes) is 8. The van der Waals surface area contributed by atoms with Gasteiger partial charge in [-0.15, -0.1) is 0 Å². The van der Waals surface area contributed by atoms with Gasteiger partial charge in [-0.25, -0.2) is 0 Å². The molecule has 0 saturated heterocycles. The Morgan fingerprint density at radius 3 is 2.19 bits per heavy atom. The first-order valence-corrected chi connectivity index (χ1v) is 8.50. The number of ether oxygens (including phenoxy) is 1. The van der Waals surface area contributed by atoms with Crippen LogP contribution in [-0.4, -0.2) is 5.97 Å². The lowest BCUT2D eigenvalue weighted by molar-refractivity contribution is -0.138. The largest absolute Gasteiger partial charge is 0.426 e. The molecule has 2 nitrogen and oxygen atoms in total. The van der Waals surface area contributed by atoms with Gasteiger partial charge >= 0.3 is 5.97 Å². The van der Waals surface area contributed by atoms with Crippen LogP contribution in [0.15, 0.2) is 29.2 Å². The van der Waals surface area contributed by atoms with E-state index in [0.29, 0.717) is 11.5 Å². The van der Waals surface area contributed by atoms with Gasteiger partial charge in [0.05, 0.1) is 0 Å². The summed E-state index contributed by atoms with van der Waals surface area (Å²) in [4.78, 5) is 11.4. The number of carbonyl (C=O) groups excluding carboxylic acids is 1. The number of halogens is 1. The zero-order valence-corrected chi connectivity index (χ0v) is 14.3. The van der Waals surface area contributed by atoms with Gasteiger partial charge in [0.2, 0.25) is 0 Å². The molecule has 0 N–H and O–H groups in total. The summed E-state index contributed by atoms with van der Waals surface area (Å²) in [5.41, 5.74) is 2.71. The molecule has 0 aromatic heterocycles. The van der Waals surface area contributed by atoms with E-state index < -0.39 is 0 Å². The van der Waals surface area contributed by atoms with Gasteiger partial charge in [0, 0.05) is 17.5 Å². The van der Waals surface area contributed by atoms with Gasteiger partial charge in [-0.2, -0.15) is 0 Å². The molecule has 0 bridgehead atoms. The first-order chi connectivity index (χ1) is 10.2. The van der Waals surface area contributed by atoms with E-state index in [1.165, 1.54) is 51.2 Å². The van der Waals surface area contributed by atoms with Crippen molar-refractivity contribution in [3.63, 3.8) is 0 Å². The minimum Gasteiger partial charge on any atom is -0.426 e. The van der Waals surface area contributed by atoms with Crippen molar-refractivity contribution in [2.24, 2.45) is 0 Å². The van der Waals surface area contributed by atoms with Gasteiger partial charge in [-0.05, 0) is 13.3 Å². The topological polar surface area (TPSA) is 26.3 Å². The van der Waals surface area contributed by atoms with Crippen molar-refractivity contribution in [2.45, 2.75) is 78.1 Å². The molecular weight excluding hydrogens is 284 g/mol. The number of rotatable bonds is 12. The molecule has 0 spiro atoms. The highest BCUT2D eigenvalue weighted by atomic mass is 35.5. The van der Waals surface area contributed by atoms with Crippen LogP contribution in [0.5, 0.6) is 0 Å². The fourth-order valence-corrected chi connectivity index (χ4v) is 2.00. The van der Waals surface area contributed by atoms with E-state index in [2.05, 4.69) is 12.7 Å². The molecule has 0 aliphatic carbocycles. The van der Waals surface area contributed by atoms with Crippen LogP contribution in [0.3, 0.4) is 0 Å². The standard InChI is InChI=1S/C18H29ClO2/c1-3-5-6-7-8-9-10-11-12-15-18(20)21-16-13-14-17(19)4-2/h4,14,16H,3,5-12,15H2,1-2H3. The monoisotopic (exact) mass is 312 g/mol. The minimum atomic E-state index is -0.199. The second-order valence-corrected chi connectivity index (χ2v) is 5.61. The highest BCUT2D eigenvalue weighted by Crippen LogP contribution is 2.10. The summed E-state index contributed by atoms with van der Waals surface area (Å²) in [6.07, 6.45) is 16.2. The van der Waals surface area contributed by atoms with Crippen molar-refractivity contribution < 1.29 is 9.53 Å². The van der Waals surface area contributed by atoms with E-state index in [9.17, 15) is 4.79 Å². The molecule has 0 amide bonds. The third-order valence-corrected chi connectivity index (χ3v) is 3.57. The zero-order valence-electron chi connectivity index (χ0n) is 13.5. The Bertz CT molecular complexity index is 352. The predicted molar refractivity (Wildman–Crippen MR) is 90.2 cm³/mol. The molecule has 0 atom stereocenters. The first kappa shape index (κ1) is 20.0. The van der Waals surface area contributed by atoms with Crippen molar-refractivity contribution in [1.82, 2.24) is 0 Å². The number of hydrogen-bond donors (Lipinski definition) is 0. The fourth-order valence-electron chi connectivity index (χ4n) is 1.94. The van der Waals surface area contributed by atoms with Gasteiger partial charge in [0.25, 0.3) is 0 Å². The smallest absolute Gasteiger partial charge is 0.311 e. The third-order valence-electron chi connectivity index (χ3n) is 3.24.